The third-order valence-electron chi connectivity index (χ3n) is 1.61. The Labute approximate surface area is 83.4 Å². The highest BCUT2D eigenvalue weighted by Gasteiger charge is 1.96. The molecule has 0 heterocycles. The molecule has 0 aliphatic rings. The number of carbonyl (C=O) groups excluding carboxylic acids is 1. The molecule has 0 saturated carbocycles. The van der Waals surface area contributed by atoms with Gasteiger partial charge in [0.05, 0.1) is 7.11 Å². The number of ether oxygens (including phenoxy) is 1. The van der Waals surface area contributed by atoms with Gasteiger partial charge in [0.15, 0.2) is 0 Å². The lowest BCUT2D eigenvalue weighted by Gasteiger charge is -1.95. The van der Waals surface area contributed by atoms with Crippen LogP contribution in [0.4, 0.5) is 0 Å². The van der Waals surface area contributed by atoms with Gasteiger partial charge < -0.3 is 4.74 Å². The summed E-state index contributed by atoms with van der Waals surface area (Å²) in [5.74, 6) is -0.174. The minimum absolute atomic E-state index is 0.174. The first kappa shape index (κ1) is 12.5. The van der Waals surface area contributed by atoms with E-state index in [4.69, 9.17) is 5.53 Å². The highest BCUT2D eigenvalue weighted by atomic mass is 16.5. The van der Waals surface area contributed by atoms with Crippen molar-refractivity contribution < 1.29 is 9.53 Å². The molecule has 0 rings (SSSR count). The fourth-order valence-electron chi connectivity index (χ4n) is 0.879. The third kappa shape index (κ3) is 8.62. The van der Waals surface area contributed by atoms with Crippen molar-refractivity contribution in [3.8, 4) is 0 Å². The summed E-state index contributed by atoms with van der Waals surface area (Å²) >= 11 is 0. The Hall–Kier alpha value is -1.48. The van der Waals surface area contributed by atoms with Crippen molar-refractivity contribution in [3.63, 3.8) is 0 Å². The maximum atomic E-state index is 10.7. The summed E-state index contributed by atoms with van der Waals surface area (Å²) in [5.41, 5.74) is 7.98. The van der Waals surface area contributed by atoms with Gasteiger partial charge in [0.25, 0.3) is 0 Å². The molecule has 78 valence electrons. The molecule has 14 heavy (non-hydrogen) atoms. The highest BCUT2D eigenvalue weighted by Crippen LogP contribution is 1.99. The number of hydrogen-bond donors (Lipinski definition) is 0. The topological polar surface area (TPSA) is 75.1 Å². The van der Waals surface area contributed by atoms with E-state index in [2.05, 4.69) is 14.8 Å². The van der Waals surface area contributed by atoms with Crippen LogP contribution in [-0.2, 0) is 9.53 Å². The molecule has 0 atom stereocenters. The second kappa shape index (κ2) is 9.61. The molecule has 0 bridgehead atoms. The number of esters is 1. The fraction of sp³-hybridized carbons (Fsp3) is 0.667. The van der Waals surface area contributed by atoms with Crippen LogP contribution >= 0.6 is 0 Å². The van der Waals surface area contributed by atoms with Crippen LogP contribution < -0.4 is 0 Å². The Balaban J connectivity index is 3.26. The zero-order valence-corrected chi connectivity index (χ0v) is 8.35. The zero-order valence-electron chi connectivity index (χ0n) is 8.35. The van der Waals surface area contributed by atoms with Crippen molar-refractivity contribution in [1.29, 1.82) is 0 Å². The first-order chi connectivity index (χ1) is 6.81. The lowest BCUT2D eigenvalue weighted by atomic mass is 10.2. The molecule has 5 nitrogen and oxygen atoms in total. The number of unbranched alkanes of at least 4 members (excludes halogenated alkanes) is 1. The highest BCUT2D eigenvalue weighted by molar-refractivity contribution is 5.68. The summed E-state index contributed by atoms with van der Waals surface area (Å²) in [4.78, 5) is 13.3. The molecule has 0 spiro atoms. The van der Waals surface area contributed by atoms with E-state index in [-0.39, 0.29) is 5.97 Å². The Bertz CT molecular complexity index is 232. The Morgan fingerprint density at radius 2 is 2.21 bits per heavy atom. The first-order valence-corrected chi connectivity index (χ1v) is 4.54. The van der Waals surface area contributed by atoms with Crippen LogP contribution in [0.1, 0.15) is 25.7 Å². The SMILES string of the molecule is COC(=O)CCCC=CCCN=[N+]=[N-]. The van der Waals surface area contributed by atoms with Crippen LogP contribution in [0.15, 0.2) is 17.3 Å². The molecule has 5 heteroatoms. The van der Waals surface area contributed by atoms with Crippen molar-refractivity contribution in [1.82, 2.24) is 0 Å². The van der Waals surface area contributed by atoms with Crippen LogP contribution in [0.5, 0.6) is 0 Å². The smallest absolute Gasteiger partial charge is 0.305 e. The lowest BCUT2D eigenvalue weighted by Crippen LogP contribution is -1.98. The van der Waals surface area contributed by atoms with E-state index in [9.17, 15) is 4.79 Å². The molecule has 0 N–H and O–H groups in total. The quantitative estimate of drug-likeness (QED) is 0.157. The van der Waals surface area contributed by atoms with Crippen molar-refractivity contribution in [2.24, 2.45) is 5.11 Å². The second-order valence-corrected chi connectivity index (χ2v) is 2.68. The van der Waals surface area contributed by atoms with E-state index in [1.54, 1.807) is 0 Å². The molecule has 0 aliphatic heterocycles. The summed E-state index contributed by atoms with van der Waals surface area (Å²) in [6, 6.07) is 0. The van der Waals surface area contributed by atoms with Gasteiger partial charge in [0, 0.05) is 17.9 Å². The fourth-order valence-corrected chi connectivity index (χ4v) is 0.879. The predicted molar refractivity (Wildman–Crippen MR) is 53.6 cm³/mol. The molecule has 0 aromatic heterocycles. The molecule has 0 amide bonds. The number of allylic oxidation sites excluding steroid dienone is 1. The normalized spacial score (nSPS) is 9.79. The molecule has 0 fully saturated rings. The molecule has 0 aliphatic carbocycles. The summed E-state index contributed by atoms with van der Waals surface area (Å²) in [6.07, 6.45) is 6.79. The van der Waals surface area contributed by atoms with Gasteiger partial charge in [-0.1, -0.05) is 17.3 Å². The Morgan fingerprint density at radius 3 is 2.86 bits per heavy atom. The summed E-state index contributed by atoms with van der Waals surface area (Å²) in [5, 5.41) is 3.39. The van der Waals surface area contributed by atoms with Crippen LogP contribution in [0, 0.1) is 0 Å². The van der Waals surface area contributed by atoms with Crippen LogP contribution in [0.2, 0.25) is 0 Å². The van der Waals surface area contributed by atoms with E-state index in [1.165, 1.54) is 7.11 Å². The Morgan fingerprint density at radius 1 is 1.50 bits per heavy atom. The second-order valence-electron chi connectivity index (χ2n) is 2.68. The van der Waals surface area contributed by atoms with Crippen molar-refractivity contribution >= 4 is 5.97 Å². The van der Waals surface area contributed by atoms with Gasteiger partial charge in [-0.3, -0.25) is 4.79 Å². The molecule has 0 saturated heterocycles. The van der Waals surface area contributed by atoms with E-state index in [0.29, 0.717) is 13.0 Å². The van der Waals surface area contributed by atoms with Gasteiger partial charge >= 0.3 is 5.97 Å². The number of nitrogens with zero attached hydrogens (tertiary/aromatic N) is 3. The molecule has 0 radical (unpaired) electrons. The van der Waals surface area contributed by atoms with E-state index >= 15 is 0 Å². The largest absolute Gasteiger partial charge is 0.469 e. The van der Waals surface area contributed by atoms with Gasteiger partial charge in [0.1, 0.15) is 0 Å². The Kier molecular flexibility index (Phi) is 8.59. The third-order valence-corrected chi connectivity index (χ3v) is 1.61. The number of methoxy groups -OCH3 is 1. The minimum Gasteiger partial charge on any atom is -0.469 e. The summed E-state index contributed by atoms with van der Waals surface area (Å²) in [6.45, 7) is 0.490. The first-order valence-electron chi connectivity index (χ1n) is 4.54. The van der Waals surface area contributed by atoms with Crippen molar-refractivity contribution in [3.05, 3.63) is 22.6 Å². The maximum Gasteiger partial charge on any atom is 0.305 e. The standard InChI is InChI=1S/C9H15N3O2/c1-14-9(13)7-5-3-2-4-6-8-11-12-10/h2,4H,3,5-8H2,1H3. The molecule has 0 aromatic rings. The van der Waals surface area contributed by atoms with Crippen LogP contribution in [0.25, 0.3) is 10.4 Å². The van der Waals surface area contributed by atoms with Crippen LogP contribution in [0.3, 0.4) is 0 Å². The molecular weight excluding hydrogens is 182 g/mol. The predicted octanol–water partition coefficient (Wildman–Crippen LogP) is 2.59. The number of rotatable bonds is 7. The summed E-state index contributed by atoms with van der Waals surface area (Å²) in [7, 11) is 1.39. The molecule has 0 unspecified atom stereocenters. The number of azide groups is 1. The number of hydrogen-bond acceptors (Lipinski definition) is 3. The number of carbonyl (C=O) groups is 1. The monoisotopic (exact) mass is 197 g/mol. The van der Waals surface area contributed by atoms with Gasteiger partial charge in [-0.15, -0.1) is 0 Å². The van der Waals surface area contributed by atoms with Gasteiger partial charge in [-0.05, 0) is 24.8 Å². The van der Waals surface area contributed by atoms with E-state index in [1.807, 2.05) is 12.2 Å². The summed E-state index contributed by atoms with van der Waals surface area (Å²) < 4.78 is 4.49. The molecular formula is C9H15N3O2. The van der Waals surface area contributed by atoms with Crippen molar-refractivity contribution in [2.45, 2.75) is 25.7 Å². The maximum absolute atomic E-state index is 10.7. The van der Waals surface area contributed by atoms with Gasteiger partial charge in [-0.2, -0.15) is 0 Å². The average molecular weight is 197 g/mol. The van der Waals surface area contributed by atoms with Crippen LogP contribution in [-0.4, -0.2) is 19.6 Å². The van der Waals surface area contributed by atoms with E-state index in [0.717, 1.165) is 19.3 Å². The molecule has 0 aromatic carbocycles. The van der Waals surface area contributed by atoms with Gasteiger partial charge in [0.2, 0.25) is 0 Å². The van der Waals surface area contributed by atoms with Crippen molar-refractivity contribution in [2.75, 3.05) is 13.7 Å². The lowest BCUT2D eigenvalue weighted by molar-refractivity contribution is -0.140. The average Bonchev–Trinajstić information content (AvgIpc) is 2.21. The minimum atomic E-state index is -0.174. The van der Waals surface area contributed by atoms with Gasteiger partial charge in [-0.25, -0.2) is 0 Å². The zero-order chi connectivity index (χ0) is 10.6. The van der Waals surface area contributed by atoms with E-state index < -0.39 is 0 Å².